The molecule has 1 heterocycles. The van der Waals surface area contributed by atoms with Crippen molar-refractivity contribution in [2.24, 2.45) is 5.92 Å². The van der Waals surface area contributed by atoms with Gasteiger partial charge in [-0.15, -0.1) is 0 Å². The van der Waals surface area contributed by atoms with E-state index in [1.54, 1.807) is 0 Å². The highest BCUT2D eigenvalue weighted by atomic mass is 16.3. The van der Waals surface area contributed by atoms with Gasteiger partial charge in [-0.2, -0.15) is 0 Å². The summed E-state index contributed by atoms with van der Waals surface area (Å²) in [4.78, 5) is 13.9. The van der Waals surface area contributed by atoms with Crippen LogP contribution in [-0.4, -0.2) is 23.2 Å². The number of benzene rings is 1. The molecule has 1 atom stereocenters. The van der Waals surface area contributed by atoms with Crippen LogP contribution in [0.5, 0.6) is 0 Å². The first-order valence-corrected chi connectivity index (χ1v) is 5.97. The third kappa shape index (κ3) is 1.95. The molecule has 1 amide bonds. The minimum atomic E-state index is -0.320. The van der Waals surface area contributed by atoms with E-state index in [2.05, 4.69) is 0 Å². The van der Waals surface area contributed by atoms with Crippen molar-refractivity contribution < 1.29 is 9.90 Å². The Labute approximate surface area is 102 Å². The summed E-state index contributed by atoms with van der Waals surface area (Å²) in [6.45, 7) is 6.10. The highest BCUT2D eigenvalue weighted by Gasteiger charge is 2.46. The van der Waals surface area contributed by atoms with Crippen molar-refractivity contribution in [1.29, 1.82) is 0 Å². The molecule has 1 aliphatic heterocycles. The number of anilines is 1. The number of nitrogens with zero attached hydrogens (tertiary/aromatic N) is 1. The largest absolute Gasteiger partial charge is 0.396 e. The molecule has 3 heteroatoms. The van der Waals surface area contributed by atoms with Gasteiger partial charge in [-0.05, 0) is 38.5 Å². The van der Waals surface area contributed by atoms with Crippen molar-refractivity contribution in [1.82, 2.24) is 0 Å². The average molecular weight is 233 g/mol. The summed E-state index contributed by atoms with van der Waals surface area (Å²) in [6, 6.07) is 7.94. The molecule has 0 aromatic heterocycles. The maximum atomic E-state index is 12.1. The fraction of sp³-hybridized carbons (Fsp3) is 0.500. The Morgan fingerprint density at radius 3 is 2.71 bits per heavy atom. The second-order valence-corrected chi connectivity index (χ2v) is 5.31. The first-order chi connectivity index (χ1) is 7.96. The highest BCUT2D eigenvalue weighted by molar-refractivity contribution is 5.97. The van der Waals surface area contributed by atoms with Gasteiger partial charge in [-0.3, -0.25) is 4.79 Å². The summed E-state index contributed by atoms with van der Waals surface area (Å²) in [6.07, 6.45) is 0.428. The third-order valence-corrected chi connectivity index (χ3v) is 3.73. The fourth-order valence-corrected chi connectivity index (χ4v) is 2.59. The maximum Gasteiger partial charge on any atom is 0.227 e. The van der Waals surface area contributed by atoms with E-state index in [1.165, 1.54) is 0 Å². The smallest absolute Gasteiger partial charge is 0.227 e. The Bertz CT molecular complexity index is 440. The van der Waals surface area contributed by atoms with Crippen molar-refractivity contribution in [3.63, 3.8) is 0 Å². The van der Waals surface area contributed by atoms with Crippen LogP contribution in [0.3, 0.4) is 0 Å². The summed E-state index contributed by atoms with van der Waals surface area (Å²) < 4.78 is 0. The number of carbonyl (C=O) groups is 1. The first-order valence-electron chi connectivity index (χ1n) is 5.97. The molecule has 0 radical (unpaired) electrons. The topological polar surface area (TPSA) is 40.5 Å². The third-order valence-electron chi connectivity index (χ3n) is 3.73. The fourth-order valence-electron chi connectivity index (χ4n) is 2.59. The Morgan fingerprint density at radius 1 is 1.47 bits per heavy atom. The van der Waals surface area contributed by atoms with Gasteiger partial charge in [0.15, 0.2) is 0 Å². The molecule has 1 fully saturated rings. The van der Waals surface area contributed by atoms with Gasteiger partial charge in [0, 0.05) is 30.2 Å². The predicted octanol–water partition coefficient (Wildman–Crippen LogP) is 2.12. The Kier molecular flexibility index (Phi) is 2.96. The molecule has 1 aromatic rings. The van der Waals surface area contributed by atoms with E-state index >= 15 is 0 Å². The number of amides is 1. The predicted molar refractivity (Wildman–Crippen MR) is 67.9 cm³/mol. The van der Waals surface area contributed by atoms with Crippen LogP contribution in [-0.2, 0) is 4.79 Å². The van der Waals surface area contributed by atoms with E-state index in [0.29, 0.717) is 6.42 Å². The van der Waals surface area contributed by atoms with Crippen LogP contribution in [0.4, 0.5) is 5.69 Å². The summed E-state index contributed by atoms with van der Waals surface area (Å²) in [7, 11) is 0. The molecule has 17 heavy (non-hydrogen) atoms. The number of aliphatic hydroxyl groups excluding tert-OH is 1. The van der Waals surface area contributed by atoms with Crippen LogP contribution in [0, 0.1) is 12.8 Å². The van der Waals surface area contributed by atoms with Crippen LogP contribution in [0.25, 0.3) is 0 Å². The van der Waals surface area contributed by atoms with E-state index in [1.807, 2.05) is 49.9 Å². The minimum absolute atomic E-state index is 0.00973. The van der Waals surface area contributed by atoms with E-state index in [-0.39, 0.29) is 24.0 Å². The second kappa shape index (κ2) is 4.15. The molecule has 1 unspecified atom stereocenters. The van der Waals surface area contributed by atoms with Crippen LogP contribution in [0.1, 0.15) is 25.8 Å². The first kappa shape index (κ1) is 12.1. The Hall–Kier alpha value is -1.35. The number of aliphatic hydroxyl groups is 1. The lowest BCUT2D eigenvalue weighted by Gasteiger charge is -2.35. The number of hydrogen-bond acceptors (Lipinski definition) is 2. The van der Waals surface area contributed by atoms with Gasteiger partial charge < -0.3 is 10.0 Å². The van der Waals surface area contributed by atoms with Gasteiger partial charge in [0.25, 0.3) is 0 Å². The molecule has 92 valence electrons. The molecular formula is C14H19NO2. The molecule has 0 aliphatic carbocycles. The lowest BCUT2D eigenvalue weighted by atomic mass is 9.89. The standard InChI is InChI=1S/C14H19NO2/c1-10-5-4-6-12(7-10)15-13(17)8-11(9-16)14(15,2)3/h4-7,11,16H,8-9H2,1-3H3. The zero-order valence-electron chi connectivity index (χ0n) is 10.6. The number of hydrogen-bond donors (Lipinski definition) is 1. The van der Waals surface area contributed by atoms with Gasteiger partial charge in [0.05, 0.1) is 0 Å². The highest BCUT2D eigenvalue weighted by Crippen LogP contribution is 2.38. The van der Waals surface area contributed by atoms with Crippen molar-refractivity contribution >= 4 is 11.6 Å². The van der Waals surface area contributed by atoms with Gasteiger partial charge in [-0.1, -0.05) is 12.1 Å². The van der Waals surface area contributed by atoms with Crippen molar-refractivity contribution in [2.45, 2.75) is 32.7 Å². The van der Waals surface area contributed by atoms with Crippen molar-refractivity contribution in [2.75, 3.05) is 11.5 Å². The van der Waals surface area contributed by atoms with Gasteiger partial charge >= 0.3 is 0 Å². The monoisotopic (exact) mass is 233 g/mol. The van der Waals surface area contributed by atoms with E-state index in [0.717, 1.165) is 11.3 Å². The summed E-state index contributed by atoms with van der Waals surface area (Å²) in [5, 5.41) is 9.36. The molecule has 2 rings (SSSR count). The molecule has 1 saturated heterocycles. The summed E-state index contributed by atoms with van der Waals surface area (Å²) in [5.74, 6) is 0.107. The SMILES string of the molecule is Cc1cccc(N2C(=O)CC(CO)C2(C)C)c1. The van der Waals surface area contributed by atoms with E-state index in [9.17, 15) is 9.90 Å². The van der Waals surface area contributed by atoms with Crippen LogP contribution >= 0.6 is 0 Å². The van der Waals surface area contributed by atoms with Crippen LogP contribution in [0.15, 0.2) is 24.3 Å². The Morgan fingerprint density at radius 2 is 2.18 bits per heavy atom. The molecule has 0 spiro atoms. The molecule has 1 aromatic carbocycles. The number of aryl methyl sites for hydroxylation is 1. The van der Waals surface area contributed by atoms with Crippen LogP contribution < -0.4 is 4.90 Å². The van der Waals surface area contributed by atoms with Crippen molar-refractivity contribution in [3.8, 4) is 0 Å². The van der Waals surface area contributed by atoms with E-state index < -0.39 is 0 Å². The van der Waals surface area contributed by atoms with E-state index in [4.69, 9.17) is 0 Å². The quantitative estimate of drug-likeness (QED) is 0.850. The molecular weight excluding hydrogens is 214 g/mol. The summed E-state index contributed by atoms with van der Waals surface area (Å²) >= 11 is 0. The Balaban J connectivity index is 2.41. The van der Waals surface area contributed by atoms with Crippen molar-refractivity contribution in [3.05, 3.63) is 29.8 Å². The summed E-state index contributed by atoms with van der Waals surface area (Å²) in [5.41, 5.74) is 1.74. The van der Waals surface area contributed by atoms with Crippen LogP contribution in [0.2, 0.25) is 0 Å². The number of rotatable bonds is 2. The molecule has 1 aliphatic rings. The molecule has 0 bridgehead atoms. The second-order valence-electron chi connectivity index (χ2n) is 5.31. The van der Waals surface area contributed by atoms with Gasteiger partial charge in [-0.25, -0.2) is 0 Å². The van der Waals surface area contributed by atoms with Gasteiger partial charge in [0.1, 0.15) is 0 Å². The van der Waals surface area contributed by atoms with Gasteiger partial charge in [0.2, 0.25) is 5.91 Å². The molecule has 3 nitrogen and oxygen atoms in total. The zero-order chi connectivity index (χ0) is 12.6. The lowest BCUT2D eigenvalue weighted by Crippen LogP contribution is -2.45. The zero-order valence-corrected chi connectivity index (χ0v) is 10.6. The normalized spacial score (nSPS) is 23.2. The maximum absolute atomic E-state index is 12.1. The molecule has 1 N–H and O–H groups in total. The lowest BCUT2D eigenvalue weighted by molar-refractivity contribution is -0.117. The average Bonchev–Trinajstić information content (AvgIpc) is 2.48. The molecule has 0 saturated carbocycles. The number of carbonyl (C=O) groups excluding carboxylic acids is 1. The minimum Gasteiger partial charge on any atom is -0.396 e.